The summed E-state index contributed by atoms with van der Waals surface area (Å²) >= 11 is 0. The number of para-hydroxylation sites is 2. The zero-order valence-electron chi connectivity index (χ0n) is 14.2. The second kappa shape index (κ2) is 9.41. The summed E-state index contributed by atoms with van der Waals surface area (Å²) in [5, 5.41) is 6.14. The highest BCUT2D eigenvalue weighted by molar-refractivity contribution is 14.0. The predicted octanol–water partition coefficient (Wildman–Crippen LogP) is 3.27. The van der Waals surface area contributed by atoms with E-state index in [1.807, 2.05) is 43.3 Å². The lowest BCUT2D eigenvalue weighted by Gasteiger charge is -2.22. The maximum absolute atomic E-state index is 12.1. The molecule has 0 radical (unpaired) electrons. The summed E-state index contributed by atoms with van der Waals surface area (Å²) in [6, 6.07) is 17.8. The average Bonchev–Trinajstić information content (AvgIpc) is 3.03. The SMILES string of the molecule is CCNC(=NCC(=O)Nc1ccccc1)N1CCc2ccccc21.I. The standard InChI is InChI=1S/C19H22N4O.HI/c1-2-20-19(23-13-12-15-8-6-7-11-17(15)23)21-14-18(24)22-16-9-4-3-5-10-16;/h3-11H,2,12-14H2,1H3,(H,20,21)(H,22,24);1H. The van der Waals surface area contributed by atoms with Gasteiger partial charge in [0, 0.05) is 24.5 Å². The molecule has 1 aliphatic rings. The van der Waals surface area contributed by atoms with E-state index in [2.05, 4.69) is 38.7 Å². The van der Waals surface area contributed by atoms with Crippen molar-refractivity contribution in [2.24, 2.45) is 4.99 Å². The highest BCUT2D eigenvalue weighted by atomic mass is 127. The van der Waals surface area contributed by atoms with Crippen LogP contribution in [0.15, 0.2) is 59.6 Å². The first-order valence-electron chi connectivity index (χ1n) is 8.26. The Morgan fingerprint density at radius 1 is 1.12 bits per heavy atom. The van der Waals surface area contributed by atoms with Crippen molar-refractivity contribution in [1.82, 2.24) is 5.32 Å². The molecular formula is C19H23IN4O. The smallest absolute Gasteiger partial charge is 0.246 e. The molecule has 0 spiro atoms. The lowest BCUT2D eigenvalue weighted by molar-refractivity contribution is -0.114. The van der Waals surface area contributed by atoms with Crippen LogP contribution in [0.3, 0.4) is 0 Å². The number of nitrogens with one attached hydrogen (secondary N) is 2. The van der Waals surface area contributed by atoms with Crippen LogP contribution in [0.2, 0.25) is 0 Å². The molecule has 1 aliphatic heterocycles. The minimum atomic E-state index is -0.121. The number of rotatable bonds is 4. The fourth-order valence-electron chi connectivity index (χ4n) is 2.82. The summed E-state index contributed by atoms with van der Waals surface area (Å²) in [6.07, 6.45) is 0.997. The third kappa shape index (κ3) is 4.94. The van der Waals surface area contributed by atoms with Crippen LogP contribution >= 0.6 is 24.0 Å². The lowest BCUT2D eigenvalue weighted by Crippen LogP contribution is -2.41. The molecule has 2 aromatic carbocycles. The molecule has 0 aromatic heterocycles. The molecule has 1 amide bonds. The van der Waals surface area contributed by atoms with Gasteiger partial charge in [-0.2, -0.15) is 0 Å². The Balaban J connectivity index is 0.00000225. The van der Waals surface area contributed by atoms with E-state index < -0.39 is 0 Å². The maximum Gasteiger partial charge on any atom is 0.246 e. The van der Waals surface area contributed by atoms with Crippen molar-refractivity contribution in [2.45, 2.75) is 13.3 Å². The molecule has 2 N–H and O–H groups in total. The summed E-state index contributed by atoms with van der Waals surface area (Å²) in [5.41, 5.74) is 3.27. The van der Waals surface area contributed by atoms with Crippen LogP contribution in [0.4, 0.5) is 11.4 Å². The average molecular weight is 450 g/mol. The molecule has 0 bridgehead atoms. The quantitative estimate of drug-likeness (QED) is 0.427. The molecule has 132 valence electrons. The molecule has 0 atom stereocenters. The molecule has 5 nitrogen and oxygen atoms in total. The van der Waals surface area contributed by atoms with E-state index in [-0.39, 0.29) is 36.4 Å². The first-order valence-corrected chi connectivity index (χ1v) is 8.26. The minimum absolute atomic E-state index is 0. The maximum atomic E-state index is 12.1. The zero-order chi connectivity index (χ0) is 16.8. The molecule has 0 saturated carbocycles. The number of amides is 1. The van der Waals surface area contributed by atoms with Crippen molar-refractivity contribution in [3.63, 3.8) is 0 Å². The van der Waals surface area contributed by atoms with Crippen LogP contribution in [0, 0.1) is 0 Å². The molecule has 0 fully saturated rings. The normalized spacial score (nSPS) is 13.0. The van der Waals surface area contributed by atoms with Crippen molar-refractivity contribution in [2.75, 3.05) is 29.9 Å². The van der Waals surface area contributed by atoms with Gasteiger partial charge in [0.1, 0.15) is 6.54 Å². The van der Waals surface area contributed by atoms with Gasteiger partial charge in [-0.1, -0.05) is 36.4 Å². The molecular weight excluding hydrogens is 427 g/mol. The van der Waals surface area contributed by atoms with Gasteiger partial charge in [0.25, 0.3) is 0 Å². The van der Waals surface area contributed by atoms with Crippen molar-refractivity contribution in [3.8, 4) is 0 Å². The molecule has 1 heterocycles. The van der Waals surface area contributed by atoms with Crippen LogP contribution < -0.4 is 15.5 Å². The van der Waals surface area contributed by atoms with Gasteiger partial charge in [0.2, 0.25) is 5.91 Å². The molecule has 2 aromatic rings. The predicted molar refractivity (Wildman–Crippen MR) is 114 cm³/mol. The van der Waals surface area contributed by atoms with E-state index in [0.29, 0.717) is 0 Å². The monoisotopic (exact) mass is 450 g/mol. The highest BCUT2D eigenvalue weighted by Crippen LogP contribution is 2.27. The Morgan fingerprint density at radius 2 is 1.84 bits per heavy atom. The second-order valence-electron chi connectivity index (χ2n) is 5.61. The number of anilines is 2. The number of nitrogens with zero attached hydrogens (tertiary/aromatic N) is 2. The Labute approximate surface area is 165 Å². The Kier molecular flexibility index (Phi) is 7.24. The summed E-state index contributed by atoms with van der Waals surface area (Å²) in [4.78, 5) is 18.8. The number of aliphatic imine (C=N–C) groups is 1. The van der Waals surface area contributed by atoms with Gasteiger partial charge in [-0.15, -0.1) is 24.0 Å². The molecule has 0 saturated heterocycles. The van der Waals surface area contributed by atoms with Gasteiger partial charge in [-0.3, -0.25) is 4.79 Å². The molecule has 0 aliphatic carbocycles. The van der Waals surface area contributed by atoms with E-state index >= 15 is 0 Å². The van der Waals surface area contributed by atoms with Crippen molar-refractivity contribution in [1.29, 1.82) is 0 Å². The number of hydrogen-bond donors (Lipinski definition) is 2. The van der Waals surface area contributed by atoms with Crippen molar-refractivity contribution < 1.29 is 4.79 Å². The van der Waals surface area contributed by atoms with Gasteiger partial charge in [0.05, 0.1) is 0 Å². The number of carbonyl (C=O) groups is 1. The summed E-state index contributed by atoms with van der Waals surface area (Å²) in [7, 11) is 0. The van der Waals surface area contributed by atoms with Gasteiger partial charge < -0.3 is 15.5 Å². The summed E-state index contributed by atoms with van der Waals surface area (Å²) in [5.74, 6) is 0.634. The number of guanidine groups is 1. The number of halogens is 1. The first-order chi connectivity index (χ1) is 11.8. The summed E-state index contributed by atoms with van der Waals surface area (Å²) in [6.45, 7) is 3.76. The van der Waals surface area contributed by atoms with Gasteiger partial charge >= 0.3 is 0 Å². The zero-order valence-corrected chi connectivity index (χ0v) is 16.6. The molecule has 6 heteroatoms. The molecule has 25 heavy (non-hydrogen) atoms. The number of hydrogen-bond acceptors (Lipinski definition) is 2. The molecule has 3 rings (SSSR count). The Hall–Kier alpha value is -2.09. The number of fused-ring (bicyclic) bond motifs is 1. The fourth-order valence-corrected chi connectivity index (χ4v) is 2.82. The van der Waals surface area contributed by atoms with E-state index in [4.69, 9.17) is 0 Å². The van der Waals surface area contributed by atoms with Crippen LogP contribution in [0.5, 0.6) is 0 Å². The third-order valence-corrected chi connectivity index (χ3v) is 3.91. The van der Waals surface area contributed by atoms with Crippen LogP contribution in [0.1, 0.15) is 12.5 Å². The topological polar surface area (TPSA) is 56.7 Å². The van der Waals surface area contributed by atoms with Crippen LogP contribution in [-0.2, 0) is 11.2 Å². The fraction of sp³-hybridized carbons (Fsp3) is 0.263. The Bertz CT molecular complexity index is 733. The van der Waals surface area contributed by atoms with Crippen molar-refractivity contribution in [3.05, 3.63) is 60.2 Å². The number of carbonyl (C=O) groups excluding carboxylic acids is 1. The summed E-state index contributed by atoms with van der Waals surface area (Å²) < 4.78 is 0. The van der Waals surface area contributed by atoms with Gasteiger partial charge in [-0.05, 0) is 37.1 Å². The van der Waals surface area contributed by atoms with Gasteiger partial charge in [0.15, 0.2) is 5.96 Å². The Morgan fingerprint density at radius 3 is 2.60 bits per heavy atom. The van der Waals surface area contributed by atoms with Gasteiger partial charge in [-0.25, -0.2) is 4.99 Å². The third-order valence-electron chi connectivity index (χ3n) is 3.91. The van der Waals surface area contributed by atoms with E-state index in [9.17, 15) is 4.79 Å². The second-order valence-corrected chi connectivity index (χ2v) is 5.61. The number of benzene rings is 2. The van der Waals surface area contributed by atoms with E-state index in [1.165, 1.54) is 11.3 Å². The van der Waals surface area contributed by atoms with E-state index in [1.54, 1.807) is 0 Å². The first kappa shape index (κ1) is 19.2. The van der Waals surface area contributed by atoms with Crippen molar-refractivity contribution >= 4 is 47.2 Å². The minimum Gasteiger partial charge on any atom is -0.356 e. The van der Waals surface area contributed by atoms with Crippen LogP contribution in [-0.4, -0.2) is 31.5 Å². The molecule has 0 unspecified atom stereocenters. The van der Waals surface area contributed by atoms with Crippen LogP contribution in [0.25, 0.3) is 0 Å². The highest BCUT2D eigenvalue weighted by Gasteiger charge is 2.22. The lowest BCUT2D eigenvalue weighted by atomic mass is 10.2. The van der Waals surface area contributed by atoms with E-state index in [0.717, 1.165) is 31.2 Å². The largest absolute Gasteiger partial charge is 0.356 e.